The van der Waals surface area contributed by atoms with Gasteiger partial charge in [0.1, 0.15) is 0 Å². The molecule has 0 radical (unpaired) electrons. The van der Waals surface area contributed by atoms with Gasteiger partial charge in [0.15, 0.2) is 5.12 Å². The first-order chi connectivity index (χ1) is 6.23. The van der Waals surface area contributed by atoms with E-state index in [1.165, 1.54) is 11.8 Å². The number of carbonyl (C=O) groups excluding carboxylic acids is 1. The van der Waals surface area contributed by atoms with E-state index in [0.29, 0.717) is 11.3 Å². The summed E-state index contributed by atoms with van der Waals surface area (Å²) in [4.78, 5) is 10.8. The summed E-state index contributed by atoms with van der Waals surface area (Å²) in [7, 11) is 0. The second-order valence-corrected chi connectivity index (χ2v) is 5.18. The number of nitrogens with one attached hydrogen (secondary N) is 1. The van der Waals surface area contributed by atoms with E-state index in [4.69, 9.17) is 4.74 Å². The third-order valence-corrected chi connectivity index (χ3v) is 3.98. The quantitative estimate of drug-likeness (QED) is 0.706. The van der Waals surface area contributed by atoms with Crippen molar-refractivity contribution in [3.8, 4) is 0 Å². The fraction of sp³-hybridized carbons (Fsp3) is 0.889. The maximum atomic E-state index is 10.8. The van der Waals surface area contributed by atoms with E-state index in [2.05, 4.69) is 5.32 Å². The molecule has 1 spiro atoms. The summed E-state index contributed by atoms with van der Waals surface area (Å²) in [6.07, 6.45) is 0. The molecule has 0 aliphatic carbocycles. The number of carbonyl (C=O) groups is 1. The van der Waals surface area contributed by atoms with E-state index >= 15 is 0 Å². The highest BCUT2D eigenvalue weighted by molar-refractivity contribution is 8.13. The van der Waals surface area contributed by atoms with Crippen LogP contribution in [0.4, 0.5) is 0 Å². The Kier molecular flexibility index (Phi) is 2.62. The van der Waals surface area contributed by atoms with Gasteiger partial charge < -0.3 is 10.1 Å². The van der Waals surface area contributed by atoms with Crippen LogP contribution in [0.5, 0.6) is 0 Å². The van der Waals surface area contributed by atoms with Crippen LogP contribution in [0.25, 0.3) is 0 Å². The molecular formula is C9H15NO2S. The standard InChI is InChI=1S/C9H15NO2S/c1-7(11)13-3-8-2-10-4-9(8)5-12-6-9/h8,10H,2-6H2,1H3. The van der Waals surface area contributed by atoms with Crippen LogP contribution in [0.2, 0.25) is 0 Å². The van der Waals surface area contributed by atoms with Gasteiger partial charge in [-0.1, -0.05) is 11.8 Å². The first-order valence-corrected chi connectivity index (χ1v) is 5.63. The lowest BCUT2D eigenvalue weighted by Crippen LogP contribution is -2.49. The van der Waals surface area contributed by atoms with Crippen LogP contribution in [-0.2, 0) is 9.53 Å². The molecule has 4 heteroatoms. The first-order valence-electron chi connectivity index (χ1n) is 4.65. The lowest BCUT2D eigenvalue weighted by atomic mass is 9.77. The molecule has 0 aromatic heterocycles. The molecule has 2 heterocycles. The van der Waals surface area contributed by atoms with E-state index in [-0.39, 0.29) is 5.12 Å². The molecule has 1 N–H and O–H groups in total. The summed E-state index contributed by atoms with van der Waals surface area (Å²) in [6, 6.07) is 0. The summed E-state index contributed by atoms with van der Waals surface area (Å²) in [5.41, 5.74) is 0.364. The lowest BCUT2D eigenvalue weighted by molar-refractivity contribution is -0.120. The van der Waals surface area contributed by atoms with Gasteiger partial charge in [-0.05, 0) is 12.5 Å². The minimum absolute atomic E-state index is 0.224. The Balaban J connectivity index is 1.87. The smallest absolute Gasteiger partial charge is 0.185 e. The molecule has 2 fully saturated rings. The predicted octanol–water partition coefficient (Wildman–Crippen LogP) is 0.502. The minimum Gasteiger partial charge on any atom is -0.380 e. The maximum Gasteiger partial charge on any atom is 0.185 e. The van der Waals surface area contributed by atoms with Gasteiger partial charge in [0, 0.05) is 24.6 Å². The molecule has 0 bridgehead atoms. The Bertz CT molecular complexity index is 216. The van der Waals surface area contributed by atoms with E-state index in [9.17, 15) is 4.79 Å². The summed E-state index contributed by atoms with van der Waals surface area (Å²) < 4.78 is 5.26. The Morgan fingerprint density at radius 1 is 1.69 bits per heavy atom. The first kappa shape index (κ1) is 9.49. The third kappa shape index (κ3) is 1.75. The number of hydrogen-bond acceptors (Lipinski definition) is 4. The SMILES string of the molecule is CC(=O)SCC1CNCC12COC2. The molecule has 74 valence electrons. The summed E-state index contributed by atoms with van der Waals surface area (Å²) in [5, 5.41) is 3.61. The van der Waals surface area contributed by atoms with Crippen LogP contribution in [0, 0.1) is 11.3 Å². The summed E-state index contributed by atoms with van der Waals surface area (Å²) in [5.74, 6) is 1.57. The van der Waals surface area contributed by atoms with Crippen molar-refractivity contribution in [1.82, 2.24) is 5.32 Å². The van der Waals surface area contributed by atoms with Gasteiger partial charge in [0.2, 0.25) is 0 Å². The third-order valence-electron chi connectivity index (χ3n) is 3.00. The summed E-state index contributed by atoms with van der Waals surface area (Å²) >= 11 is 1.45. The zero-order chi connectivity index (χ0) is 9.31. The molecule has 0 saturated carbocycles. The van der Waals surface area contributed by atoms with E-state index < -0.39 is 0 Å². The Labute approximate surface area is 82.6 Å². The largest absolute Gasteiger partial charge is 0.380 e. The van der Waals surface area contributed by atoms with Gasteiger partial charge in [-0.25, -0.2) is 0 Å². The molecule has 2 rings (SSSR count). The molecular weight excluding hydrogens is 186 g/mol. The number of ether oxygens (including phenoxy) is 1. The maximum absolute atomic E-state index is 10.8. The van der Waals surface area contributed by atoms with Crippen LogP contribution in [0.15, 0.2) is 0 Å². The zero-order valence-corrected chi connectivity index (χ0v) is 8.65. The van der Waals surface area contributed by atoms with Gasteiger partial charge in [-0.2, -0.15) is 0 Å². The van der Waals surface area contributed by atoms with Crippen molar-refractivity contribution in [3.05, 3.63) is 0 Å². The molecule has 3 nitrogen and oxygen atoms in total. The molecule has 1 atom stereocenters. The molecule has 1 unspecified atom stereocenters. The van der Waals surface area contributed by atoms with Gasteiger partial charge >= 0.3 is 0 Å². The van der Waals surface area contributed by atoms with E-state index in [1.807, 2.05) is 0 Å². The van der Waals surface area contributed by atoms with Crippen LogP contribution in [0.3, 0.4) is 0 Å². The zero-order valence-electron chi connectivity index (χ0n) is 7.84. The highest BCUT2D eigenvalue weighted by atomic mass is 32.2. The van der Waals surface area contributed by atoms with Crippen LogP contribution in [-0.4, -0.2) is 37.2 Å². The normalized spacial score (nSPS) is 30.4. The van der Waals surface area contributed by atoms with Gasteiger partial charge in [0.05, 0.1) is 13.2 Å². The van der Waals surface area contributed by atoms with Crippen molar-refractivity contribution in [1.29, 1.82) is 0 Å². The van der Waals surface area contributed by atoms with Crippen molar-refractivity contribution in [2.75, 3.05) is 32.1 Å². The molecule has 0 aromatic carbocycles. The fourth-order valence-corrected chi connectivity index (χ4v) is 2.92. The van der Waals surface area contributed by atoms with E-state index in [0.717, 1.165) is 32.1 Å². The fourth-order valence-electron chi connectivity index (χ4n) is 2.01. The monoisotopic (exact) mass is 201 g/mol. The second kappa shape index (κ2) is 3.59. The van der Waals surface area contributed by atoms with Crippen molar-refractivity contribution in [2.24, 2.45) is 11.3 Å². The molecule has 2 saturated heterocycles. The minimum atomic E-state index is 0.224. The highest BCUT2D eigenvalue weighted by Crippen LogP contribution is 2.40. The Hall–Kier alpha value is -0.0600. The van der Waals surface area contributed by atoms with Crippen molar-refractivity contribution in [3.63, 3.8) is 0 Å². The van der Waals surface area contributed by atoms with Gasteiger partial charge in [0.25, 0.3) is 0 Å². The molecule has 0 aromatic rings. The molecule has 2 aliphatic rings. The van der Waals surface area contributed by atoms with Gasteiger partial charge in [-0.3, -0.25) is 4.79 Å². The van der Waals surface area contributed by atoms with Crippen LogP contribution in [0.1, 0.15) is 6.92 Å². The van der Waals surface area contributed by atoms with Crippen molar-refractivity contribution in [2.45, 2.75) is 6.92 Å². The Morgan fingerprint density at radius 2 is 2.46 bits per heavy atom. The van der Waals surface area contributed by atoms with Gasteiger partial charge in [-0.15, -0.1) is 0 Å². The topological polar surface area (TPSA) is 38.3 Å². The lowest BCUT2D eigenvalue weighted by Gasteiger charge is -2.42. The van der Waals surface area contributed by atoms with Crippen LogP contribution < -0.4 is 5.32 Å². The van der Waals surface area contributed by atoms with Crippen molar-refractivity contribution < 1.29 is 9.53 Å². The number of rotatable bonds is 2. The second-order valence-electron chi connectivity index (χ2n) is 3.99. The average molecular weight is 201 g/mol. The number of thioether (sulfide) groups is 1. The highest BCUT2D eigenvalue weighted by Gasteiger charge is 2.48. The van der Waals surface area contributed by atoms with E-state index in [1.54, 1.807) is 6.92 Å². The molecule has 0 amide bonds. The van der Waals surface area contributed by atoms with Crippen molar-refractivity contribution >= 4 is 16.9 Å². The molecule has 2 aliphatic heterocycles. The predicted molar refractivity (Wildman–Crippen MR) is 52.8 cm³/mol. The molecule has 13 heavy (non-hydrogen) atoms. The number of hydrogen-bond donors (Lipinski definition) is 1. The summed E-state index contributed by atoms with van der Waals surface area (Å²) in [6.45, 7) is 5.50. The van der Waals surface area contributed by atoms with Crippen LogP contribution >= 0.6 is 11.8 Å². The average Bonchev–Trinajstić information content (AvgIpc) is 2.42. The Morgan fingerprint density at radius 3 is 3.00 bits per heavy atom.